The van der Waals surface area contributed by atoms with Crippen molar-refractivity contribution in [1.29, 1.82) is 0 Å². The van der Waals surface area contributed by atoms with Crippen molar-refractivity contribution in [3.05, 3.63) is 16.8 Å². The lowest BCUT2D eigenvalue weighted by Crippen LogP contribution is -2.42. The smallest absolute Gasteiger partial charge is 0.339 e. The topological polar surface area (TPSA) is 66.3 Å². The summed E-state index contributed by atoms with van der Waals surface area (Å²) in [6, 6.07) is 0.304. The molecule has 0 radical (unpaired) electrons. The van der Waals surface area contributed by atoms with E-state index in [0.717, 1.165) is 30.6 Å². The van der Waals surface area contributed by atoms with E-state index < -0.39 is 5.97 Å². The Morgan fingerprint density at radius 1 is 1.29 bits per heavy atom. The molecular formula is C16H25N3O2. The fourth-order valence-electron chi connectivity index (χ4n) is 3.31. The second-order valence-corrected chi connectivity index (χ2v) is 6.01. The normalized spacial score (nSPS) is 22.4. The minimum absolute atomic E-state index is 0.304. The first-order valence-electron chi connectivity index (χ1n) is 7.87. The third-order valence-electron chi connectivity index (χ3n) is 4.45. The van der Waals surface area contributed by atoms with Crippen molar-refractivity contribution in [2.45, 2.75) is 59.4 Å². The third kappa shape index (κ3) is 3.01. The van der Waals surface area contributed by atoms with Gasteiger partial charge in [-0.3, -0.25) is 0 Å². The lowest BCUT2D eigenvalue weighted by Gasteiger charge is -2.38. The van der Waals surface area contributed by atoms with Gasteiger partial charge < -0.3 is 10.0 Å². The van der Waals surface area contributed by atoms with Gasteiger partial charge in [0, 0.05) is 12.6 Å². The van der Waals surface area contributed by atoms with E-state index in [1.54, 1.807) is 0 Å². The van der Waals surface area contributed by atoms with Gasteiger partial charge in [-0.25, -0.2) is 4.79 Å². The number of carbonyl (C=O) groups is 1. The molecule has 5 nitrogen and oxygen atoms in total. The molecule has 1 aromatic rings. The van der Waals surface area contributed by atoms with E-state index in [4.69, 9.17) is 0 Å². The molecule has 116 valence electrons. The Bertz CT molecular complexity index is 530. The van der Waals surface area contributed by atoms with Gasteiger partial charge in [-0.15, -0.1) is 5.10 Å². The van der Waals surface area contributed by atoms with Gasteiger partial charge in [-0.05, 0) is 44.1 Å². The number of aromatic carboxylic acids is 1. The molecule has 1 aliphatic heterocycles. The van der Waals surface area contributed by atoms with Crippen molar-refractivity contribution in [1.82, 2.24) is 10.2 Å². The van der Waals surface area contributed by atoms with Crippen LogP contribution in [0, 0.1) is 5.92 Å². The molecule has 1 aromatic heterocycles. The maximum absolute atomic E-state index is 11.8. The van der Waals surface area contributed by atoms with Gasteiger partial charge in [0.2, 0.25) is 0 Å². The maximum Gasteiger partial charge on any atom is 0.339 e. The largest absolute Gasteiger partial charge is 0.478 e. The van der Waals surface area contributed by atoms with Crippen LogP contribution >= 0.6 is 0 Å². The predicted molar refractivity (Wildman–Crippen MR) is 83.0 cm³/mol. The maximum atomic E-state index is 11.8. The number of carboxylic acids is 1. The van der Waals surface area contributed by atoms with Gasteiger partial charge in [0.25, 0.3) is 0 Å². The highest BCUT2D eigenvalue weighted by Crippen LogP contribution is 2.31. The van der Waals surface area contributed by atoms with E-state index in [9.17, 15) is 9.90 Å². The standard InChI is InChI=1S/C16H25N3O2/c1-5-12-13(6-2)17-18-15(14(12)16(20)21)19-8-7-10(3)9-11(19)4/h10-11H,5-9H2,1-4H3,(H,20,21). The highest BCUT2D eigenvalue weighted by atomic mass is 16.4. The van der Waals surface area contributed by atoms with Crippen LogP contribution in [0.25, 0.3) is 0 Å². The average molecular weight is 291 g/mol. The number of hydrogen-bond acceptors (Lipinski definition) is 4. The van der Waals surface area contributed by atoms with E-state index in [0.29, 0.717) is 36.2 Å². The lowest BCUT2D eigenvalue weighted by molar-refractivity contribution is 0.0695. The number of rotatable bonds is 4. The van der Waals surface area contributed by atoms with E-state index >= 15 is 0 Å². The number of aryl methyl sites for hydroxylation is 1. The van der Waals surface area contributed by atoms with Gasteiger partial charge >= 0.3 is 5.97 Å². The molecule has 0 bridgehead atoms. The molecule has 0 saturated carbocycles. The second kappa shape index (κ2) is 6.41. The first-order chi connectivity index (χ1) is 9.99. The first-order valence-corrected chi connectivity index (χ1v) is 7.87. The number of anilines is 1. The van der Waals surface area contributed by atoms with Crippen LogP contribution in [0.2, 0.25) is 0 Å². The van der Waals surface area contributed by atoms with Crippen molar-refractivity contribution < 1.29 is 9.90 Å². The zero-order valence-corrected chi connectivity index (χ0v) is 13.4. The Morgan fingerprint density at radius 3 is 2.52 bits per heavy atom. The molecule has 1 N–H and O–H groups in total. The molecule has 2 atom stereocenters. The van der Waals surface area contributed by atoms with Crippen molar-refractivity contribution in [3.8, 4) is 0 Å². The minimum Gasteiger partial charge on any atom is -0.478 e. The van der Waals surface area contributed by atoms with Crippen LogP contribution in [-0.2, 0) is 12.8 Å². The molecular weight excluding hydrogens is 266 g/mol. The predicted octanol–water partition coefficient (Wildman–Crippen LogP) is 2.92. The number of hydrogen-bond donors (Lipinski definition) is 1. The van der Waals surface area contributed by atoms with E-state index in [2.05, 4.69) is 28.9 Å². The van der Waals surface area contributed by atoms with Crippen molar-refractivity contribution in [3.63, 3.8) is 0 Å². The summed E-state index contributed by atoms with van der Waals surface area (Å²) in [7, 11) is 0. The van der Waals surface area contributed by atoms with Crippen LogP contribution in [0.5, 0.6) is 0 Å². The second-order valence-electron chi connectivity index (χ2n) is 6.01. The van der Waals surface area contributed by atoms with E-state index in [-0.39, 0.29) is 0 Å². The molecule has 1 saturated heterocycles. The molecule has 5 heteroatoms. The Balaban J connectivity index is 2.50. The van der Waals surface area contributed by atoms with Gasteiger partial charge in [0.05, 0.1) is 5.69 Å². The summed E-state index contributed by atoms with van der Waals surface area (Å²) in [5, 5.41) is 18.2. The Hall–Kier alpha value is -1.65. The van der Waals surface area contributed by atoms with Crippen LogP contribution in [0.15, 0.2) is 0 Å². The molecule has 0 spiro atoms. The zero-order valence-electron chi connectivity index (χ0n) is 13.4. The van der Waals surface area contributed by atoms with Crippen LogP contribution in [0.1, 0.15) is 62.2 Å². The number of carboxylic acid groups (broad SMARTS) is 1. The van der Waals surface area contributed by atoms with Crippen LogP contribution in [0.4, 0.5) is 5.82 Å². The lowest BCUT2D eigenvalue weighted by atomic mass is 9.92. The number of piperidine rings is 1. The molecule has 2 rings (SSSR count). The van der Waals surface area contributed by atoms with Crippen LogP contribution in [0.3, 0.4) is 0 Å². The average Bonchev–Trinajstić information content (AvgIpc) is 2.45. The fraction of sp³-hybridized carbons (Fsp3) is 0.688. The minimum atomic E-state index is -0.891. The summed E-state index contributed by atoms with van der Waals surface area (Å²) in [5.41, 5.74) is 1.99. The van der Waals surface area contributed by atoms with Gasteiger partial charge in [0.1, 0.15) is 5.56 Å². The van der Waals surface area contributed by atoms with Crippen molar-refractivity contribution in [2.24, 2.45) is 5.92 Å². The Morgan fingerprint density at radius 2 is 2.00 bits per heavy atom. The summed E-state index contributed by atoms with van der Waals surface area (Å²) in [4.78, 5) is 13.9. The molecule has 1 aliphatic rings. The summed E-state index contributed by atoms with van der Waals surface area (Å²) >= 11 is 0. The molecule has 0 aliphatic carbocycles. The quantitative estimate of drug-likeness (QED) is 0.924. The Kier molecular flexibility index (Phi) is 4.80. The third-order valence-corrected chi connectivity index (χ3v) is 4.45. The molecule has 2 unspecified atom stereocenters. The number of aromatic nitrogens is 2. The van der Waals surface area contributed by atoms with E-state index in [1.807, 2.05) is 13.8 Å². The van der Waals surface area contributed by atoms with Crippen LogP contribution in [-0.4, -0.2) is 33.9 Å². The highest BCUT2D eigenvalue weighted by Gasteiger charge is 2.30. The van der Waals surface area contributed by atoms with Gasteiger partial charge in [0.15, 0.2) is 5.82 Å². The summed E-state index contributed by atoms with van der Waals surface area (Å²) in [5.74, 6) is 0.339. The van der Waals surface area contributed by atoms with Gasteiger partial charge in [-0.2, -0.15) is 5.10 Å². The zero-order chi connectivity index (χ0) is 15.6. The molecule has 1 fully saturated rings. The van der Waals surface area contributed by atoms with Crippen LogP contribution < -0.4 is 4.90 Å². The molecule has 0 aromatic carbocycles. The molecule has 0 amide bonds. The Labute approximate surface area is 126 Å². The highest BCUT2D eigenvalue weighted by molar-refractivity contribution is 5.95. The summed E-state index contributed by atoms with van der Waals surface area (Å²) in [6.07, 6.45) is 3.52. The molecule has 2 heterocycles. The fourth-order valence-corrected chi connectivity index (χ4v) is 3.31. The monoisotopic (exact) mass is 291 g/mol. The van der Waals surface area contributed by atoms with E-state index in [1.165, 1.54) is 0 Å². The summed E-state index contributed by atoms with van der Waals surface area (Å²) < 4.78 is 0. The summed E-state index contributed by atoms with van der Waals surface area (Å²) in [6.45, 7) is 9.21. The van der Waals surface area contributed by atoms with Gasteiger partial charge in [-0.1, -0.05) is 20.8 Å². The van der Waals surface area contributed by atoms with Crippen molar-refractivity contribution >= 4 is 11.8 Å². The first kappa shape index (κ1) is 15.7. The SMILES string of the molecule is CCc1nnc(N2CCC(C)CC2C)c(C(=O)O)c1CC. The number of nitrogens with zero attached hydrogens (tertiary/aromatic N) is 3. The van der Waals surface area contributed by atoms with Crippen molar-refractivity contribution in [2.75, 3.05) is 11.4 Å². The molecule has 21 heavy (non-hydrogen) atoms.